The second kappa shape index (κ2) is 8.65. The summed E-state index contributed by atoms with van der Waals surface area (Å²) in [7, 11) is 0. The van der Waals surface area contributed by atoms with Crippen molar-refractivity contribution in [3.8, 4) is 0 Å². The van der Waals surface area contributed by atoms with E-state index in [1.165, 1.54) is 0 Å². The van der Waals surface area contributed by atoms with Gasteiger partial charge >= 0.3 is 0 Å². The molecule has 0 saturated carbocycles. The molecule has 1 aliphatic heterocycles. The second-order valence-electron chi connectivity index (χ2n) is 6.03. The van der Waals surface area contributed by atoms with Crippen LogP contribution < -0.4 is 16.0 Å². The van der Waals surface area contributed by atoms with Gasteiger partial charge in [0, 0.05) is 23.5 Å². The van der Waals surface area contributed by atoms with Crippen molar-refractivity contribution in [2.75, 3.05) is 23.7 Å². The van der Waals surface area contributed by atoms with Gasteiger partial charge in [-0.3, -0.25) is 9.59 Å². The van der Waals surface area contributed by atoms with Crippen molar-refractivity contribution in [1.29, 1.82) is 0 Å². The van der Waals surface area contributed by atoms with Crippen LogP contribution in [0.5, 0.6) is 0 Å². The molecule has 5 nitrogen and oxygen atoms in total. The fraction of sp³-hybridized carbons (Fsp3) is 0.263. The van der Waals surface area contributed by atoms with Gasteiger partial charge in [0.25, 0.3) is 5.91 Å². The van der Waals surface area contributed by atoms with E-state index < -0.39 is 0 Å². The molecular weight excluding hydrogens is 338 g/mol. The van der Waals surface area contributed by atoms with Gasteiger partial charge in [0.2, 0.25) is 5.91 Å². The number of benzene rings is 2. The molecule has 132 valence electrons. The number of aryl methyl sites for hydroxylation is 1. The Kier molecular flexibility index (Phi) is 6.56. The summed E-state index contributed by atoms with van der Waals surface area (Å²) >= 11 is 0. The van der Waals surface area contributed by atoms with Crippen molar-refractivity contribution in [1.82, 2.24) is 5.32 Å². The zero-order valence-electron chi connectivity index (χ0n) is 14.0. The smallest absolute Gasteiger partial charge is 0.255 e. The van der Waals surface area contributed by atoms with Crippen molar-refractivity contribution in [3.05, 3.63) is 59.7 Å². The Morgan fingerprint density at radius 3 is 2.52 bits per heavy atom. The summed E-state index contributed by atoms with van der Waals surface area (Å²) in [5, 5.41) is 9.03. The SMILES string of the molecule is Cc1ccc(NC(=O)c2ccccc2)cc1NC(=O)C1CCNC1.Cl. The number of hydrogen-bond donors (Lipinski definition) is 3. The molecule has 1 saturated heterocycles. The number of rotatable bonds is 4. The quantitative estimate of drug-likeness (QED) is 0.785. The highest BCUT2D eigenvalue weighted by Gasteiger charge is 2.22. The lowest BCUT2D eigenvalue weighted by Crippen LogP contribution is -2.25. The first-order valence-electron chi connectivity index (χ1n) is 8.12. The van der Waals surface area contributed by atoms with Crippen LogP contribution in [0.1, 0.15) is 22.3 Å². The molecular formula is C19H22ClN3O2. The van der Waals surface area contributed by atoms with Crippen LogP contribution in [0.4, 0.5) is 11.4 Å². The molecule has 0 bridgehead atoms. The summed E-state index contributed by atoms with van der Waals surface area (Å²) in [4.78, 5) is 24.5. The molecule has 1 atom stereocenters. The number of carbonyl (C=O) groups is 2. The Labute approximate surface area is 153 Å². The van der Waals surface area contributed by atoms with Crippen LogP contribution in [0.15, 0.2) is 48.5 Å². The molecule has 0 spiro atoms. The molecule has 6 heteroatoms. The topological polar surface area (TPSA) is 70.2 Å². The molecule has 2 aromatic rings. The van der Waals surface area contributed by atoms with E-state index in [2.05, 4.69) is 16.0 Å². The van der Waals surface area contributed by atoms with E-state index in [4.69, 9.17) is 0 Å². The number of anilines is 2. The molecule has 0 aromatic heterocycles. The first-order valence-corrected chi connectivity index (χ1v) is 8.12. The molecule has 1 heterocycles. The van der Waals surface area contributed by atoms with Gasteiger partial charge < -0.3 is 16.0 Å². The first kappa shape index (κ1) is 19.0. The summed E-state index contributed by atoms with van der Waals surface area (Å²) in [5.74, 6) is -0.140. The van der Waals surface area contributed by atoms with Crippen LogP contribution in [-0.2, 0) is 4.79 Å². The number of halogens is 1. The fourth-order valence-electron chi connectivity index (χ4n) is 2.74. The molecule has 3 N–H and O–H groups in total. The largest absolute Gasteiger partial charge is 0.325 e. The minimum Gasteiger partial charge on any atom is -0.325 e. The van der Waals surface area contributed by atoms with Gasteiger partial charge in [-0.15, -0.1) is 12.4 Å². The molecule has 1 unspecified atom stereocenters. The van der Waals surface area contributed by atoms with Crippen LogP contribution in [0.2, 0.25) is 0 Å². The lowest BCUT2D eigenvalue weighted by molar-refractivity contribution is -0.119. The fourth-order valence-corrected chi connectivity index (χ4v) is 2.74. The molecule has 25 heavy (non-hydrogen) atoms. The highest BCUT2D eigenvalue weighted by molar-refractivity contribution is 6.04. The summed E-state index contributed by atoms with van der Waals surface area (Å²) in [5.41, 5.74) is 2.96. The maximum Gasteiger partial charge on any atom is 0.255 e. The van der Waals surface area contributed by atoms with E-state index in [-0.39, 0.29) is 30.1 Å². The number of hydrogen-bond acceptors (Lipinski definition) is 3. The van der Waals surface area contributed by atoms with E-state index in [0.29, 0.717) is 11.3 Å². The van der Waals surface area contributed by atoms with Gasteiger partial charge in [0.05, 0.1) is 5.92 Å². The third-order valence-corrected chi connectivity index (χ3v) is 4.22. The minimum absolute atomic E-state index is 0. The van der Waals surface area contributed by atoms with Gasteiger partial charge in [-0.2, -0.15) is 0 Å². The summed E-state index contributed by atoms with van der Waals surface area (Å²) in [6.07, 6.45) is 0.856. The average Bonchev–Trinajstić information content (AvgIpc) is 3.13. The monoisotopic (exact) mass is 359 g/mol. The van der Waals surface area contributed by atoms with E-state index in [9.17, 15) is 9.59 Å². The number of carbonyl (C=O) groups excluding carboxylic acids is 2. The Balaban J connectivity index is 0.00000225. The Bertz CT molecular complexity index is 744. The maximum atomic E-state index is 12.3. The van der Waals surface area contributed by atoms with Crippen molar-refractivity contribution < 1.29 is 9.59 Å². The maximum absolute atomic E-state index is 12.3. The molecule has 1 fully saturated rings. The standard InChI is InChI=1S/C19H21N3O2.ClH/c1-13-7-8-16(21-18(23)14-5-3-2-4-6-14)11-17(13)22-19(24)15-9-10-20-12-15;/h2-8,11,15,20H,9-10,12H2,1H3,(H,21,23)(H,22,24);1H. The first-order chi connectivity index (χ1) is 11.6. The third-order valence-electron chi connectivity index (χ3n) is 4.22. The van der Waals surface area contributed by atoms with Crippen LogP contribution in [0.3, 0.4) is 0 Å². The Morgan fingerprint density at radius 1 is 1.08 bits per heavy atom. The zero-order chi connectivity index (χ0) is 16.9. The second-order valence-corrected chi connectivity index (χ2v) is 6.03. The molecule has 0 radical (unpaired) electrons. The van der Waals surface area contributed by atoms with E-state index >= 15 is 0 Å². The molecule has 0 aliphatic carbocycles. The van der Waals surface area contributed by atoms with Crippen molar-refractivity contribution in [2.45, 2.75) is 13.3 Å². The lowest BCUT2D eigenvalue weighted by Gasteiger charge is -2.14. The predicted octanol–water partition coefficient (Wildman–Crippen LogP) is 3.22. The molecule has 3 rings (SSSR count). The summed E-state index contributed by atoms with van der Waals surface area (Å²) < 4.78 is 0. The predicted molar refractivity (Wildman–Crippen MR) is 102 cm³/mol. The number of amides is 2. The Morgan fingerprint density at radius 2 is 1.84 bits per heavy atom. The van der Waals surface area contributed by atoms with E-state index in [1.54, 1.807) is 18.2 Å². The van der Waals surface area contributed by atoms with Crippen LogP contribution in [0.25, 0.3) is 0 Å². The highest BCUT2D eigenvalue weighted by atomic mass is 35.5. The highest BCUT2D eigenvalue weighted by Crippen LogP contribution is 2.22. The molecule has 2 amide bonds. The van der Waals surface area contributed by atoms with Crippen molar-refractivity contribution in [3.63, 3.8) is 0 Å². The lowest BCUT2D eigenvalue weighted by atomic mass is 10.1. The Hall–Kier alpha value is -2.37. The van der Waals surface area contributed by atoms with Gasteiger partial charge in [0.1, 0.15) is 0 Å². The zero-order valence-corrected chi connectivity index (χ0v) is 14.9. The van der Waals surface area contributed by atoms with Crippen LogP contribution >= 0.6 is 12.4 Å². The van der Waals surface area contributed by atoms with Gasteiger partial charge in [-0.05, 0) is 49.7 Å². The van der Waals surface area contributed by atoms with Crippen LogP contribution in [-0.4, -0.2) is 24.9 Å². The van der Waals surface area contributed by atoms with E-state index in [0.717, 1.165) is 30.8 Å². The van der Waals surface area contributed by atoms with Gasteiger partial charge in [-0.25, -0.2) is 0 Å². The van der Waals surface area contributed by atoms with Crippen molar-refractivity contribution >= 4 is 35.6 Å². The molecule has 1 aliphatic rings. The average molecular weight is 360 g/mol. The number of nitrogens with one attached hydrogen (secondary N) is 3. The summed E-state index contributed by atoms with van der Waals surface area (Å²) in [6, 6.07) is 14.6. The molecule has 2 aromatic carbocycles. The van der Waals surface area contributed by atoms with Crippen molar-refractivity contribution in [2.24, 2.45) is 5.92 Å². The van der Waals surface area contributed by atoms with E-state index in [1.807, 2.05) is 37.3 Å². The minimum atomic E-state index is -0.170. The van der Waals surface area contributed by atoms with Gasteiger partial charge in [-0.1, -0.05) is 24.3 Å². The van der Waals surface area contributed by atoms with Crippen LogP contribution in [0, 0.1) is 12.8 Å². The van der Waals surface area contributed by atoms with Gasteiger partial charge in [0.15, 0.2) is 0 Å². The normalized spacial score (nSPS) is 16.0. The third kappa shape index (κ3) is 4.81. The summed E-state index contributed by atoms with van der Waals surface area (Å²) in [6.45, 7) is 3.53.